The molecule has 1 aromatic carbocycles. The summed E-state index contributed by atoms with van der Waals surface area (Å²) in [5.74, 6) is 0.250. The first-order chi connectivity index (χ1) is 9.63. The number of nitrogens with zero attached hydrogens (tertiary/aromatic N) is 1. The number of nitrogens with one attached hydrogen (secondary N) is 1. The van der Waals surface area contributed by atoms with Gasteiger partial charge in [-0.2, -0.15) is 0 Å². The summed E-state index contributed by atoms with van der Waals surface area (Å²) in [6.07, 6.45) is 1.08. The minimum absolute atomic E-state index is 0.170. The maximum Gasteiger partial charge on any atom is 0.310 e. The topological polar surface area (TPSA) is 51.1 Å². The maximum absolute atomic E-state index is 12.4. The lowest BCUT2D eigenvalue weighted by Gasteiger charge is -2.13. The summed E-state index contributed by atoms with van der Waals surface area (Å²) in [4.78, 5) is 24.3. The fourth-order valence-electron chi connectivity index (χ4n) is 2.17. The van der Waals surface area contributed by atoms with Crippen molar-refractivity contribution in [3.63, 3.8) is 0 Å². The highest BCUT2D eigenvalue weighted by Gasteiger charge is 2.10. The van der Waals surface area contributed by atoms with Gasteiger partial charge in [0.05, 0.1) is 5.39 Å². The predicted octanol–water partition coefficient (Wildman–Crippen LogP) is 2.06. The van der Waals surface area contributed by atoms with Crippen LogP contribution in [0, 0.1) is 5.92 Å². The minimum Gasteiger partial charge on any atom is -0.316 e. The lowest BCUT2D eigenvalue weighted by molar-refractivity contribution is 0.437. The van der Waals surface area contributed by atoms with E-state index in [9.17, 15) is 9.59 Å². The summed E-state index contributed by atoms with van der Waals surface area (Å²) in [5.41, 5.74) is -0.174. The molecule has 1 aromatic heterocycles. The van der Waals surface area contributed by atoms with E-state index in [0.717, 1.165) is 35.5 Å². The number of fused-ring (bicyclic) bond motifs is 1. The molecule has 1 heterocycles. The Morgan fingerprint density at radius 3 is 2.80 bits per heavy atom. The van der Waals surface area contributed by atoms with E-state index in [0.29, 0.717) is 11.9 Å². The first kappa shape index (κ1) is 14.9. The molecule has 0 aliphatic carbocycles. The Labute approximate surface area is 122 Å². The number of aromatic nitrogens is 1. The van der Waals surface area contributed by atoms with Crippen LogP contribution in [-0.4, -0.2) is 17.7 Å². The van der Waals surface area contributed by atoms with Crippen molar-refractivity contribution < 1.29 is 0 Å². The van der Waals surface area contributed by atoms with Crippen LogP contribution in [0.2, 0.25) is 0 Å². The van der Waals surface area contributed by atoms with Gasteiger partial charge < -0.3 is 5.32 Å². The Morgan fingerprint density at radius 2 is 2.05 bits per heavy atom. The van der Waals surface area contributed by atoms with E-state index in [4.69, 9.17) is 0 Å². The zero-order valence-electron chi connectivity index (χ0n) is 11.9. The van der Waals surface area contributed by atoms with E-state index in [2.05, 4.69) is 12.2 Å². The van der Waals surface area contributed by atoms with E-state index in [1.165, 1.54) is 4.57 Å². The van der Waals surface area contributed by atoms with Gasteiger partial charge >= 0.3 is 4.87 Å². The third-order valence-electron chi connectivity index (χ3n) is 3.19. The molecule has 0 saturated carbocycles. The van der Waals surface area contributed by atoms with Crippen molar-refractivity contribution in [1.29, 1.82) is 0 Å². The Morgan fingerprint density at radius 1 is 1.30 bits per heavy atom. The van der Waals surface area contributed by atoms with Gasteiger partial charge in [0.1, 0.15) is 0 Å². The molecule has 0 bridgehead atoms. The van der Waals surface area contributed by atoms with Gasteiger partial charge in [0.15, 0.2) is 0 Å². The van der Waals surface area contributed by atoms with Crippen LogP contribution >= 0.6 is 11.3 Å². The molecular weight excluding hydrogens is 272 g/mol. The number of benzene rings is 1. The van der Waals surface area contributed by atoms with Crippen LogP contribution in [0.3, 0.4) is 0 Å². The van der Waals surface area contributed by atoms with Gasteiger partial charge in [-0.05, 0) is 37.6 Å². The summed E-state index contributed by atoms with van der Waals surface area (Å²) in [5, 5.41) is 3.95. The highest BCUT2D eigenvalue weighted by atomic mass is 32.1. The van der Waals surface area contributed by atoms with E-state index < -0.39 is 0 Å². The summed E-state index contributed by atoms with van der Waals surface area (Å²) >= 11 is 1.14. The Kier molecular flexibility index (Phi) is 5.09. The molecule has 1 N–H and O–H groups in total. The minimum atomic E-state index is -0.174. The Balaban J connectivity index is 2.26. The lowest BCUT2D eigenvalue weighted by Crippen LogP contribution is -2.35. The van der Waals surface area contributed by atoms with Gasteiger partial charge in [-0.1, -0.05) is 37.3 Å². The molecule has 0 saturated heterocycles. The van der Waals surface area contributed by atoms with Crippen molar-refractivity contribution in [2.24, 2.45) is 5.92 Å². The third-order valence-corrected chi connectivity index (χ3v) is 4.17. The SMILES string of the molecule is CCCNCC(C)Cn1c(=O)sc2ccccc2c1=O. The molecule has 0 spiro atoms. The second-order valence-corrected chi connectivity index (χ2v) is 6.08. The molecule has 0 aliphatic heterocycles. The number of rotatable bonds is 6. The zero-order chi connectivity index (χ0) is 14.5. The highest BCUT2D eigenvalue weighted by Crippen LogP contribution is 2.11. The van der Waals surface area contributed by atoms with Crippen LogP contribution in [-0.2, 0) is 6.54 Å². The summed E-state index contributed by atoms with van der Waals surface area (Å²) in [7, 11) is 0. The first-order valence-corrected chi connectivity index (χ1v) is 7.78. The van der Waals surface area contributed by atoms with Gasteiger partial charge in [-0.3, -0.25) is 14.2 Å². The van der Waals surface area contributed by atoms with E-state index in [1.807, 2.05) is 25.1 Å². The van der Waals surface area contributed by atoms with Gasteiger partial charge in [0.2, 0.25) is 0 Å². The van der Waals surface area contributed by atoms with E-state index >= 15 is 0 Å². The molecular formula is C15H20N2O2S. The molecule has 2 rings (SSSR count). The molecule has 5 heteroatoms. The van der Waals surface area contributed by atoms with Crippen molar-refractivity contribution in [3.8, 4) is 0 Å². The smallest absolute Gasteiger partial charge is 0.310 e. The van der Waals surface area contributed by atoms with Crippen molar-refractivity contribution in [2.45, 2.75) is 26.8 Å². The Hall–Kier alpha value is -1.46. The second kappa shape index (κ2) is 6.81. The van der Waals surface area contributed by atoms with Gasteiger partial charge in [0, 0.05) is 11.2 Å². The summed E-state index contributed by atoms with van der Waals surface area (Å²) < 4.78 is 2.13. The van der Waals surface area contributed by atoms with Crippen LogP contribution < -0.4 is 15.7 Å². The molecule has 0 fully saturated rings. The van der Waals surface area contributed by atoms with Crippen LogP contribution in [0.4, 0.5) is 0 Å². The molecule has 2 aromatic rings. The fraction of sp³-hybridized carbons (Fsp3) is 0.467. The van der Waals surface area contributed by atoms with Crippen LogP contribution in [0.15, 0.2) is 33.9 Å². The summed E-state index contributed by atoms with van der Waals surface area (Å²) in [6, 6.07) is 7.28. The first-order valence-electron chi connectivity index (χ1n) is 6.97. The summed E-state index contributed by atoms with van der Waals surface area (Å²) in [6.45, 7) is 6.41. The third kappa shape index (κ3) is 3.35. The average Bonchev–Trinajstić information content (AvgIpc) is 2.44. The quantitative estimate of drug-likeness (QED) is 0.829. The van der Waals surface area contributed by atoms with Crippen molar-refractivity contribution in [3.05, 3.63) is 44.3 Å². The number of hydrogen-bond donors (Lipinski definition) is 1. The zero-order valence-corrected chi connectivity index (χ0v) is 12.7. The van der Waals surface area contributed by atoms with Crippen molar-refractivity contribution in [2.75, 3.05) is 13.1 Å². The van der Waals surface area contributed by atoms with Crippen LogP contribution in [0.1, 0.15) is 20.3 Å². The molecule has 20 heavy (non-hydrogen) atoms. The number of hydrogen-bond acceptors (Lipinski definition) is 4. The Bertz CT molecular complexity index is 690. The normalized spacial score (nSPS) is 12.7. The molecule has 1 unspecified atom stereocenters. The van der Waals surface area contributed by atoms with Gasteiger partial charge in [-0.15, -0.1) is 0 Å². The van der Waals surface area contributed by atoms with E-state index in [-0.39, 0.29) is 16.4 Å². The van der Waals surface area contributed by atoms with Crippen molar-refractivity contribution in [1.82, 2.24) is 9.88 Å². The largest absolute Gasteiger partial charge is 0.316 e. The van der Waals surface area contributed by atoms with Crippen LogP contribution in [0.5, 0.6) is 0 Å². The maximum atomic E-state index is 12.4. The standard InChI is InChI=1S/C15H20N2O2S/c1-3-8-16-9-11(2)10-17-14(18)12-6-4-5-7-13(12)20-15(17)19/h4-7,11,16H,3,8-10H2,1-2H3. The van der Waals surface area contributed by atoms with Crippen LogP contribution in [0.25, 0.3) is 10.1 Å². The second-order valence-electron chi connectivity index (χ2n) is 5.09. The van der Waals surface area contributed by atoms with E-state index in [1.54, 1.807) is 6.07 Å². The molecule has 108 valence electrons. The molecule has 0 aliphatic rings. The van der Waals surface area contributed by atoms with Crippen molar-refractivity contribution >= 4 is 21.4 Å². The average molecular weight is 292 g/mol. The predicted molar refractivity (Wildman–Crippen MR) is 84.7 cm³/mol. The molecule has 1 atom stereocenters. The fourth-order valence-corrected chi connectivity index (χ4v) is 3.04. The highest BCUT2D eigenvalue weighted by molar-refractivity contribution is 7.16. The lowest BCUT2D eigenvalue weighted by atomic mass is 10.2. The molecule has 4 nitrogen and oxygen atoms in total. The monoisotopic (exact) mass is 292 g/mol. The van der Waals surface area contributed by atoms with Gasteiger partial charge in [0.25, 0.3) is 5.56 Å². The molecule has 0 amide bonds. The van der Waals surface area contributed by atoms with Gasteiger partial charge in [-0.25, -0.2) is 0 Å². The molecule has 0 radical (unpaired) electrons.